The standard InChI is InChI=1S/C28H30ClN3O2/c1-21-20-23(15-16-24(21)29)34-19-8-7-18-32-26-13-6-5-12-25(26)31-27(32)14-9-17-30-28(33)22-10-3-2-4-11-22/h2-6,10-13,15-16,20H,7-9,14,17-19H2,1H3,(H,30,33). The number of nitrogens with zero attached hydrogens (tertiary/aromatic N) is 2. The molecule has 1 aromatic heterocycles. The molecule has 0 saturated carbocycles. The lowest BCUT2D eigenvalue weighted by Gasteiger charge is -2.11. The van der Waals surface area contributed by atoms with Crippen molar-refractivity contribution in [3.63, 3.8) is 0 Å². The first-order valence-electron chi connectivity index (χ1n) is 11.8. The number of aromatic nitrogens is 2. The molecule has 4 aromatic rings. The maximum atomic E-state index is 12.3. The summed E-state index contributed by atoms with van der Waals surface area (Å²) < 4.78 is 8.20. The minimum absolute atomic E-state index is 0.0371. The maximum Gasteiger partial charge on any atom is 0.251 e. The van der Waals surface area contributed by atoms with E-state index in [1.165, 1.54) is 0 Å². The van der Waals surface area contributed by atoms with E-state index in [1.807, 2.05) is 61.5 Å². The van der Waals surface area contributed by atoms with Crippen LogP contribution in [0.2, 0.25) is 5.02 Å². The van der Waals surface area contributed by atoms with Crippen LogP contribution in [0.25, 0.3) is 11.0 Å². The third kappa shape index (κ3) is 6.17. The van der Waals surface area contributed by atoms with Gasteiger partial charge in [0.2, 0.25) is 0 Å². The van der Waals surface area contributed by atoms with Crippen molar-refractivity contribution in [1.82, 2.24) is 14.9 Å². The van der Waals surface area contributed by atoms with E-state index in [4.69, 9.17) is 21.3 Å². The number of aryl methyl sites for hydroxylation is 3. The van der Waals surface area contributed by atoms with Gasteiger partial charge in [-0.25, -0.2) is 4.98 Å². The molecular formula is C28H30ClN3O2. The largest absolute Gasteiger partial charge is 0.494 e. The van der Waals surface area contributed by atoms with Crippen LogP contribution in [0.5, 0.6) is 5.75 Å². The summed E-state index contributed by atoms with van der Waals surface area (Å²) in [5.74, 6) is 1.88. The van der Waals surface area contributed by atoms with Gasteiger partial charge in [-0.2, -0.15) is 0 Å². The number of imidazole rings is 1. The average Bonchev–Trinajstić information content (AvgIpc) is 3.21. The Morgan fingerprint density at radius 2 is 1.79 bits per heavy atom. The molecule has 0 atom stereocenters. The predicted molar refractivity (Wildman–Crippen MR) is 138 cm³/mol. The van der Waals surface area contributed by atoms with Crippen molar-refractivity contribution < 1.29 is 9.53 Å². The Balaban J connectivity index is 1.29. The number of fused-ring (bicyclic) bond motifs is 1. The molecule has 0 saturated heterocycles. The molecule has 1 heterocycles. The third-order valence-corrected chi connectivity index (χ3v) is 6.23. The Bertz CT molecular complexity index is 1240. The summed E-state index contributed by atoms with van der Waals surface area (Å²) in [6, 6.07) is 23.3. The number of unbranched alkanes of at least 4 members (excludes halogenated alkanes) is 1. The number of hydrogen-bond donors (Lipinski definition) is 1. The zero-order chi connectivity index (χ0) is 23.8. The van der Waals surface area contributed by atoms with Crippen LogP contribution in [0.4, 0.5) is 0 Å². The fraction of sp³-hybridized carbons (Fsp3) is 0.286. The van der Waals surface area contributed by atoms with Gasteiger partial charge < -0.3 is 14.6 Å². The van der Waals surface area contributed by atoms with Crippen molar-refractivity contribution in [3.8, 4) is 5.75 Å². The number of rotatable bonds is 11. The van der Waals surface area contributed by atoms with Gasteiger partial charge in [0.15, 0.2) is 0 Å². The number of hydrogen-bond acceptors (Lipinski definition) is 3. The zero-order valence-electron chi connectivity index (χ0n) is 19.5. The summed E-state index contributed by atoms with van der Waals surface area (Å²) in [6.07, 6.45) is 3.58. The lowest BCUT2D eigenvalue weighted by molar-refractivity contribution is 0.0953. The maximum absolute atomic E-state index is 12.3. The van der Waals surface area contributed by atoms with Gasteiger partial charge in [0.05, 0.1) is 17.6 Å². The van der Waals surface area contributed by atoms with Gasteiger partial charge >= 0.3 is 0 Å². The molecule has 4 rings (SSSR count). The normalized spacial score (nSPS) is 11.0. The van der Waals surface area contributed by atoms with E-state index in [1.54, 1.807) is 0 Å². The summed E-state index contributed by atoms with van der Waals surface area (Å²) in [7, 11) is 0. The third-order valence-electron chi connectivity index (χ3n) is 5.81. The fourth-order valence-electron chi connectivity index (χ4n) is 3.97. The number of nitrogens with one attached hydrogen (secondary N) is 1. The van der Waals surface area contributed by atoms with E-state index in [9.17, 15) is 4.79 Å². The molecule has 0 aliphatic rings. The molecule has 34 heavy (non-hydrogen) atoms. The first kappa shape index (κ1) is 23.8. The monoisotopic (exact) mass is 475 g/mol. The molecule has 1 N–H and O–H groups in total. The molecule has 0 bridgehead atoms. The van der Waals surface area contributed by atoms with Crippen LogP contribution in [-0.4, -0.2) is 28.6 Å². The first-order chi connectivity index (χ1) is 16.6. The number of para-hydroxylation sites is 2. The highest BCUT2D eigenvalue weighted by atomic mass is 35.5. The van der Waals surface area contributed by atoms with E-state index < -0.39 is 0 Å². The molecule has 1 amide bonds. The second-order valence-corrected chi connectivity index (χ2v) is 8.77. The molecule has 5 nitrogen and oxygen atoms in total. The highest BCUT2D eigenvalue weighted by Gasteiger charge is 2.11. The zero-order valence-corrected chi connectivity index (χ0v) is 20.2. The van der Waals surface area contributed by atoms with Gasteiger partial charge in [-0.05, 0) is 74.2 Å². The van der Waals surface area contributed by atoms with E-state index in [2.05, 4.69) is 28.1 Å². The Morgan fingerprint density at radius 1 is 1.00 bits per heavy atom. The number of carbonyl (C=O) groups excluding carboxylic acids is 1. The van der Waals surface area contributed by atoms with Crippen LogP contribution in [0.3, 0.4) is 0 Å². The molecule has 0 fully saturated rings. The van der Waals surface area contributed by atoms with Crippen molar-refractivity contribution in [2.24, 2.45) is 0 Å². The minimum Gasteiger partial charge on any atom is -0.494 e. The second kappa shape index (κ2) is 11.7. The fourth-order valence-corrected chi connectivity index (χ4v) is 4.09. The van der Waals surface area contributed by atoms with Gasteiger partial charge in [0.1, 0.15) is 11.6 Å². The first-order valence-corrected chi connectivity index (χ1v) is 12.2. The number of benzene rings is 3. The molecule has 0 aliphatic heterocycles. The quantitative estimate of drug-likeness (QED) is 0.262. The Labute approximate surface area is 205 Å². The van der Waals surface area contributed by atoms with Crippen molar-refractivity contribution in [1.29, 1.82) is 0 Å². The van der Waals surface area contributed by atoms with Crippen molar-refractivity contribution >= 4 is 28.5 Å². The molecule has 3 aromatic carbocycles. The van der Waals surface area contributed by atoms with Crippen molar-refractivity contribution in [3.05, 3.63) is 94.8 Å². The number of amides is 1. The smallest absolute Gasteiger partial charge is 0.251 e. The molecule has 0 radical (unpaired) electrons. The lowest BCUT2D eigenvalue weighted by atomic mass is 10.2. The molecule has 6 heteroatoms. The highest BCUT2D eigenvalue weighted by Crippen LogP contribution is 2.22. The van der Waals surface area contributed by atoms with Gasteiger partial charge in [-0.1, -0.05) is 41.9 Å². The van der Waals surface area contributed by atoms with E-state index in [0.29, 0.717) is 18.7 Å². The SMILES string of the molecule is Cc1cc(OCCCCn2c(CCCNC(=O)c3ccccc3)nc3ccccc32)ccc1Cl. The van der Waals surface area contributed by atoms with Crippen LogP contribution in [0, 0.1) is 6.92 Å². The van der Waals surface area contributed by atoms with Gasteiger partial charge in [-0.3, -0.25) is 4.79 Å². The van der Waals surface area contributed by atoms with Crippen molar-refractivity contribution in [2.45, 2.75) is 39.2 Å². The van der Waals surface area contributed by atoms with E-state index in [0.717, 1.165) is 65.4 Å². The van der Waals surface area contributed by atoms with Crippen LogP contribution in [-0.2, 0) is 13.0 Å². The number of carbonyl (C=O) groups is 1. The number of halogens is 1. The predicted octanol–water partition coefficient (Wildman–Crippen LogP) is 6.22. The van der Waals surface area contributed by atoms with Gasteiger partial charge in [-0.15, -0.1) is 0 Å². The summed E-state index contributed by atoms with van der Waals surface area (Å²) >= 11 is 6.09. The van der Waals surface area contributed by atoms with Crippen LogP contribution < -0.4 is 10.1 Å². The molecule has 0 unspecified atom stereocenters. The van der Waals surface area contributed by atoms with E-state index >= 15 is 0 Å². The average molecular weight is 476 g/mol. The molecule has 176 valence electrons. The summed E-state index contributed by atoms with van der Waals surface area (Å²) in [4.78, 5) is 17.1. The van der Waals surface area contributed by atoms with Gasteiger partial charge in [0, 0.05) is 30.1 Å². The summed E-state index contributed by atoms with van der Waals surface area (Å²) in [5, 5.41) is 3.76. The topological polar surface area (TPSA) is 56.1 Å². The van der Waals surface area contributed by atoms with Crippen LogP contribution >= 0.6 is 11.6 Å². The van der Waals surface area contributed by atoms with Gasteiger partial charge in [0.25, 0.3) is 5.91 Å². The lowest BCUT2D eigenvalue weighted by Crippen LogP contribution is -2.24. The Kier molecular flexibility index (Phi) is 8.21. The summed E-state index contributed by atoms with van der Waals surface area (Å²) in [5.41, 5.74) is 3.87. The number of ether oxygens (including phenoxy) is 1. The minimum atomic E-state index is -0.0371. The molecule has 0 spiro atoms. The second-order valence-electron chi connectivity index (χ2n) is 8.36. The Morgan fingerprint density at radius 3 is 2.62 bits per heavy atom. The van der Waals surface area contributed by atoms with Crippen LogP contribution in [0.1, 0.15) is 41.0 Å². The Hall–Kier alpha value is -3.31. The molecule has 0 aliphatic carbocycles. The molecular weight excluding hydrogens is 446 g/mol. The van der Waals surface area contributed by atoms with E-state index in [-0.39, 0.29) is 5.91 Å². The van der Waals surface area contributed by atoms with Crippen LogP contribution in [0.15, 0.2) is 72.8 Å². The summed E-state index contributed by atoms with van der Waals surface area (Å²) in [6.45, 7) is 4.14. The van der Waals surface area contributed by atoms with Crippen molar-refractivity contribution in [2.75, 3.05) is 13.2 Å². The highest BCUT2D eigenvalue weighted by molar-refractivity contribution is 6.31.